The van der Waals surface area contributed by atoms with Gasteiger partial charge in [0, 0.05) is 37.8 Å². The van der Waals surface area contributed by atoms with Crippen molar-refractivity contribution in [3.63, 3.8) is 0 Å². The van der Waals surface area contributed by atoms with Crippen LogP contribution in [0.1, 0.15) is 16.1 Å². The van der Waals surface area contributed by atoms with Crippen LogP contribution in [0.25, 0.3) is 10.9 Å². The Morgan fingerprint density at radius 1 is 1.17 bits per heavy atom. The zero-order chi connectivity index (χ0) is 16.4. The monoisotopic (exact) mass is 308 g/mol. The Balaban J connectivity index is 1.77. The first-order valence-corrected chi connectivity index (χ1v) is 7.52. The Kier molecular flexibility index (Phi) is 4.02. The molecule has 0 saturated heterocycles. The van der Waals surface area contributed by atoms with E-state index in [1.165, 1.54) is 0 Å². The molecule has 1 aromatic heterocycles. The number of aryl methyl sites for hydroxylation is 1. The van der Waals surface area contributed by atoms with E-state index in [9.17, 15) is 4.79 Å². The summed E-state index contributed by atoms with van der Waals surface area (Å²) < 4.78 is 1.84. The fourth-order valence-corrected chi connectivity index (χ4v) is 2.61. The summed E-state index contributed by atoms with van der Waals surface area (Å²) in [6.07, 6.45) is 0. The van der Waals surface area contributed by atoms with Gasteiger partial charge < -0.3 is 10.2 Å². The van der Waals surface area contributed by atoms with Gasteiger partial charge in [-0.25, -0.2) is 0 Å². The number of benzene rings is 2. The van der Waals surface area contributed by atoms with Crippen molar-refractivity contribution in [3.8, 4) is 0 Å². The Bertz CT molecular complexity index is 851. The predicted octanol–water partition coefficient (Wildman–Crippen LogP) is 2.57. The number of aromatic nitrogens is 2. The van der Waals surface area contributed by atoms with E-state index in [1.807, 2.05) is 79.3 Å². The molecule has 0 fully saturated rings. The summed E-state index contributed by atoms with van der Waals surface area (Å²) in [6.45, 7) is 0.409. The number of carbonyl (C=O) groups is 1. The van der Waals surface area contributed by atoms with Gasteiger partial charge in [0.2, 0.25) is 0 Å². The van der Waals surface area contributed by atoms with Gasteiger partial charge in [-0.2, -0.15) is 5.10 Å². The molecule has 118 valence electrons. The summed E-state index contributed by atoms with van der Waals surface area (Å²) in [5.74, 6) is -0.0940. The predicted molar refractivity (Wildman–Crippen MR) is 92.7 cm³/mol. The molecule has 0 aliphatic rings. The third-order valence-corrected chi connectivity index (χ3v) is 3.88. The van der Waals surface area contributed by atoms with Crippen molar-refractivity contribution in [3.05, 3.63) is 59.8 Å². The Morgan fingerprint density at radius 3 is 2.74 bits per heavy atom. The number of hydrogen-bond acceptors (Lipinski definition) is 3. The molecule has 0 bridgehead atoms. The number of nitrogens with zero attached hydrogens (tertiary/aromatic N) is 3. The highest BCUT2D eigenvalue weighted by atomic mass is 16.1. The quantitative estimate of drug-likeness (QED) is 0.806. The van der Waals surface area contributed by atoms with Gasteiger partial charge in [0.05, 0.1) is 17.8 Å². The van der Waals surface area contributed by atoms with E-state index in [0.717, 1.165) is 22.3 Å². The zero-order valence-corrected chi connectivity index (χ0v) is 13.6. The van der Waals surface area contributed by atoms with Gasteiger partial charge in [0.15, 0.2) is 0 Å². The standard InChI is InChI=1S/C18H20N4O/c1-21(2)14-8-6-7-13(11-14)18(23)19-12-16-15-9-4-5-10-17(15)22(3)20-16/h4-11H,12H2,1-3H3,(H,19,23). The average molecular weight is 308 g/mol. The first-order valence-electron chi connectivity index (χ1n) is 7.52. The van der Waals surface area contributed by atoms with E-state index in [0.29, 0.717) is 12.1 Å². The minimum absolute atomic E-state index is 0.0940. The molecule has 0 radical (unpaired) electrons. The van der Waals surface area contributed by atoms with Crippen LogP contribution in [0.5, 0.6) is 0 Å². The van der Waals surface area contributed by atoms with Crippen LogP contribution in [0.4, 0.5) is 5.69 Å². The molecule has 5 heteroatoms. The van der Waals surface area contributed by atoms with Gasteiger partial charge >= 0.3 is 0 Å². The van der Waals surface area contributed by atoms with E-state index in [-0.39, 0.29) is 5.91 Å². The normalized spacial score (nSPS) is 10.7. The topological polar surface area (TPSA) is 50.2 Å². The van der Waals surface area contributed by atoms with Crippen molar-refractivity contribution in [1.82, 2.24) is 15.1 Å². The van der Waals surface area contributed by atoms with Crippen LogP contribution in [-0.4, -0.2) is 29.8 Å². The minimum Gasteiger partial charge on any atom is -0.378 e. The molecule has 0 unspecified atom stereocenters. The maximum absolute atomic E-state index is 12.4. The lowest BCUT2D eigenvalue weighted by Crippen LogP contribution is -2.23. The number of anilines is 1. The molecule has 0 atom stereocenters. The smallest absolute Gasteiger partial charge is 0.251 e. The SMILES string of the molecule is CN(C)c1cccc(C(=O)NCc2nn(C)c3ccccc23)c1. The molecule has 5 nitrogen and oxygen atoms in total. The molecule has 3 aromatic rings. The molecular weight excluding hydrogens is 288 g/mol. The summed E-state index contributed by atoms with van der Waals surface area (Å²) in [7, 11) is 5.82. The minimum atomic E-state index is -0.0940. The average Bonchev–Trinajstić information content (AvgIpc) is 2.89. The number of para-hydroxylation sites is 1. The number of rotatable bonds is 4. The van der Waals surface area contributed by atoms with Crippen molar-refractivity contribution < 1.29 is 4.79 Å². The van der Waals surface area contributed by atoms with Crippen molar-refractivity contribution in [1.29, 1.82) is 0 Å². The van der Waals surface area contributed by atoms with Crippen LogP contribution < -0.4 is 10.2 Å². The third kappa shape index (κ3) is 3.04. The van der Waals surface area contributed by atoms with E-state index >= 15 is 0 Å². The van der Waals surface area contributed by atoms with Crippen molar-refractivity contribution >= 4 is 22.5 Å². The van der Waals surface area contributed by atoms with E-state index in [1.54, 1.807) is 0 Å². The lowest BCUT2D eigenvalue weighted by molar-refractivity contribution is 0.0950. The molecule has 2 aromatic carbocycles. The molecule has 3 rings (SSSR count). The second-order valence-corrected chi connectivity index (χ2v) is 5.71. The van der Waals surface area contributed by atoms with Gasteiger partial charge in [-0.05, 0) is 24.3 Å². The van der Waals surface area contributed by atoms with Crippen LogP contribution in [0, 0.1) is 0 Å². The first kappa shape index (κ1) is 15.1. The highest BCUT2D eigenvalue weighted by Gasteiger charge is 2.11. The van der Waals surface area contributed by atoms with E-state index in [2.05, 4.69) is 10.4 Å². The van der Waals surface area contributed by atoms with Gasteiger partial charge in [0.25, 0.3) is 5.91 Å². The second kappa shape index (κ2) is 6.12. The second-order valence-electron chi connectivity index (χ2n) is 5.71. The van der Waals surface area contributed by atoms with E-state index < -0.39 is 0 Å². The molecular formula is C18H20N4O. The first-order chi connectivity index (χ1) is 11.1. The highest BCUT2D eigenvalue weighted by Crippen LogP contribution is 2.18. The summed E-state index contributed by atoms with van der Waals surface area (Å²) in [5.41, 5.74) is 3.59. The number of nitrogens with one attached hydrogen (secondary N) is 1. The molecule has 0 saturated carbocycles. The third-order valence-electron chi connectivity index (χ3n) is 3.88. The highest BCUT2D eigenvalue weighted by molar-refractivity contribution is 5.95. The van der Waals surface area contributed by atoms with Crippen molar-refractivity contribution in [2.45, 2.75) is 6.54 Å². The maximum atomic E-state index is 12.4. The van der Waals surface area contributed by atoms with E-state index in [4.69, 9.17) is 0 Å². The Hall–Kier alpha value is -2.82. The summed E-state index contributed by atoms with van der Waals surface area (Å²) in [4.78, 5) is 14.3. The van der Waals surface area contributed by atoms with Crippen LogP contribution in [-0.2, 0) is 13.6 Å². The molecule has 23 heavy (non-hydrogen) atoms. The van der Waals surface area contributed by atoms with Crippen molar-refractivity contribution in [2.75, 3.05) is 19.0 Å². The number of fused-ring (bicyclic) bond motifs is 1. The summed E-state index contributed by atoms with van der Waals surface area (Å²) in [5, 5.41) is 8.52. The summed E-state index contributed by atoms with van der Waals surface area (Å²) in [6, 6.07) is 15.6. The van der Waals surface area contributed by atoms with Gasteiger partial charge in [0.1, 0.15) is 0 Å². The molecule has 1 heterocycles. The number of amides is 1. The fraction of sp³-hybridized carbons (Fsp3) is 0.222. The van der Waals surface area contributed by atoms with Crippen LogP contribution in [0.3, 0.4) is 0 Å². The van der Waals surface area contributed by atoms with Crippen LogP contribution >= 0.6 is 0 Å². The lowest BCUT2D eigenvalue weighted by Gasteiger charge is -2.13. The number of hydrogen-bond donors (Lipinski definition) is 1. The molecule has 1 N–H and O–H groups in total. The largest absolute Gasteiger partial charge is 0.378 e. The molecule has 1 amide bonds. The molecule has 0 spiro atoms. The zero-order valence-electron chi connectivity index (χ0n) is 13.6. The van der Waals surface area contributed by atoms with Gasteiger partial charge in [-0.3, -0.25) is 9.48 Å². The molecule has 0 aliphatic carbocycles. The van der Waals surface area contributed by atoms with Crippen LogP contribution in [0.2, 0.25) is 0 Å². The van der Waals surface area contributed by atoms with Gasteiger partial charge in [-0.1, -0.05) is 24.3 Å². The number of carbonyl (C=O) groups excluding carboxylic acids is 1. The Morgan fingerprint density at radius 2 is 1.96 bits per heavy atom. The fourth-order valence-electron chi connectivity index (χ4n) is 2.61. The summed E-state index contributed by atoms with van der Waals surface area (Å²) >= 11 is 0. The van der Waals surface area contributed by atoms with Gasteiger partial charge in [-0.15, -0.1) is 0 Å². The lowest BCUT2D eigenvalue weighted by atomic mass is 10.1. The van der Waals surface area contributed by atoms with Crippen LogP contribution in [0.15, 0.2) is 48.5 Å². The van der Waals surface area contributed by atoms with Crippen molar-refractivity contribution in [2.24, 2.45) is 7.05 Å². The Labute approximate surface area is 135 Å². The molecule has 0 aliphatic heterocycles. The maximum Gasteiger partial charge on any atom is 0.251 e.